The summed E-state index contributed by atoms with van der Waals surface area (Å²) in [5.74, 6) is 0. The van der Waals surface area contributed by atoms with Gasteiger partial charge in [-0.2, -0.15) is 5.26 Å². The van der Waals surface area contributed by atoms with Gasteiger partial charge in [0.2, 0.25) is 0 Å². The minimum absolute atomic E-state index is 0.00970. The van der Waals surface area contributed by atoms with Crippen LogP contribution >= 0.6 is 11.6 Å². The molecule has 0 spiro atoms. The molecule has 0 heterocycles. The van der Waals surface area contributed by atoms with Crippen LogP contribution in [-0.2, 0) is 9.53 Å². The predicted octanol–water partition coefficient (Wildman–Crippen LogP) is 5.68. The summed E-state index contributed by atoms with van der Waals surface area (Å²) in [6.45, 7) is 8.45. The van der Waals surface area contributed by atoms with Crippen LogP contribution in [0, 0.1) is 11.3 Å². The number of halogens is 2. The molecular formula is C24H32ClFN4O2. The van der Waals surface area contributed by atoms with Gasteiger partial charge in [-0.3, -0.25) is 4.79 Å². The highest BCUT2D eigenvalue weighted by Gasteiger charge is 2.16. The highest BCUT2D eigenvalue weighted by molar-refractivity contribution is 6.31. The number of nitrogens with two attached hydrogens (primary N) is 1. The molecule has 1 aromatic rings. The molecule has 0 saturated heterocycles. The van der Waals surface area contributed by atoms with Crippen molar-refractivity contribution in [1.29, 1.82) is 5.26 Å². The van der Waals surface area contributed by atoms with Gasteiger partial charge in [-0.1, -0.05) is 43.7 Å². The molecule has 0 aliphatic rings. The largest absolute Gasteiger partial charge is 0.462 e. The molecule has 0 radical (unpaired) electrons. The Kier molecular flexibility index (Phi) is 15.0. The molecule has 0 saturated carbocycles. The highest BCUT2D eigenvalue weighted by atomic mass is 35.5. The number of amidine groups is 1. The van der Waals surface area contributed by atoms with Crippen molar-refractivity contribution >= 4 is 29.6 Å². The molecule has 3 N–H and O–H groups in total. The maximum absolute atomic E-state index is 13.3. The van der Waals surface area contributed by atoms with E-state index in [1.807, 2.05) is 19.1 Å². The minimum Gasteiger partial charge on any atom is -0.462 e. The zero-order valence-electron chi connectivity index (χ0n) is 19.1. The molecule has 0 amide bonds. The lowest BCUT2D eigenvalue weighted by atomic mass is 10.1. The third-order valence-electron chi connectivity index (χ3n) is 4.16. The second-order valence-corrected chi connectivity index (χ2v) is 7.13. The van der Waals surface area contributed by atoms with E-state index in [1.54, 1.807) is 38.3 Å². The highest BCUT2D eigenvalue weighted by Crippen LogP contribution is 2.29. The second kappa shape index (κ2) is 16.6. The van der Waals surface area contributed by atoms with Crippen LogP contribution in [-0.4, -0.2) is 32.1 Å². The average molecular weight is 463 g/mol. The minimum atomic E-state index is -0.764. The molecule has 1 aromatic carbocycles. The van der Waals surface area contributed by atoms with Gasteiger partial charge >= 0.3 is 0 Å². The SMILES string of the molecule is C=C(C=O)/C=C\C(C#N)=C/C.CCCC(C)OC(N)=NC(CF)c1cc(NC)ccc1Cl. The van der Waals surface area contributed by atoms with Gasteiger partial charge in [-0.05, 0) is 44.5 Å². The molecule has 6 nitrogen and oxygen atoms in total. The molecule has 0 aromatic heterocycles. The molecule has 8 heteroatoms. The number of nitriles is 1. The molecule has 0 aliphatic heterocycles. The summed E-state index contributed by atoms with van der Waals surface area (Å²) in [5, 5.41) is 11.9. The van der Waals surface area contributed by atoms with Gasteiger partial charge in [0.25, 0.3) is 6.02 Å². The summed E-state index contributed by atoms with van der Waals surface area (Å²) >= 11 is 6.12. The van der Waals surface area contributed by atoms with E-state index in [9.17, 15) is 9.18 Å². The summed E-state index contributed by atoms with van der Waals surface area (Å²) in [6.07, 6.45) is 7.17. The van der Waals surface area contributed by atoms with E-state index in [2.05, 4.69) is 23.8 Å². The molecule has 0 fully saturated rings. The first-order valence-electron chi connectivity index (χ1n) is 10.2. The Morgan fingerprint density at radius 3 is 2.66 bits per heavy atom. The fraction of sp³-hybridized carbons (Fsp3) is 0.375. The van der Waals surface area contributed by atoms with Crippen LogP contribution in [0.2, 0.25) is 5.02 Å². The van der Waals surface area contributed by atoms with E-state index < -0.39 is 12.7 Å². The Balaban J connectivity index is 0.000000739. The molecule has 0 aliphatic carbocycles. The number of benzene rings is 1. The number of ether oxygens (including phenoxy) is 1. The summed E-state index contributed by atoms with van der Waals surface area (Å²) in [4.78, 5) is 14.1. The number of aldehydes is 1. The first kappa shape index (κ1) is 28.9. The van der Waals surface area contributed by atoms with Crippen LogP contribution < -0.4 is 11.1 Å². The number of anilines is 1. The number of allylic oxidation sites excluding steroid dienone is 5. The number of rotatable bonds is 10. The van der Waals surface area contributed by atoms with Gasteiger partial charge < -0.3 is 15.8 Å². The predicted molar refractivity (Wildman–Crippen MR) is 131 cm³/mol. The van der Waals surface area contributed by atoms with Crippen LogP contribution in [0.5, 0.6) is 0 Å². The van der Waals surface area contributed by atoms with E-state index in [-0.39, 0.29) is 12.1 Å². The summed E-state index contributed by atoms with van der Waals surface area (Å²) < 4.78 is 18.8. The number of carbonyl (C=O) groups excluding carboxylic acids is 1. The molecule has 2 atom stereocenters. The summed E-state index contributed by atoms with van der Waals surface area (Å²) in [7, 11) is 1.78. The Bertz CT molecular complexity index is 875. The lowest BCUT2D eigenvalue weighted by Crippen LogP contribution is -2.23. The van der Waals surface area contributed by atoms with Crippen molar-refractivity contribution in [3.8, 4) is 6.07 Å². The molecule has 0 bridgehead atoms. The van der Waals surface area contributed by atoms with Crippen LogP contribution in [0.4, 0.5) is 10.1 Å². The molecule has 1 rings (SSSR count). The van der Waals surface area contributed by atoms with Crippen LogP contribution in [0.15, 0.2) is 59.1 Å². The van der Waals surface area contributed by atoms with Crippen LogP contribution in [0.25, 0.3) is 0 Å². The van der Waals surface area contributed by atoms with E-state index >= 15 is 0 Å². The standard InChI is InChI=1S/C15H23ClFN3O.C9H9NO/c1-4-5-10(2)21-15(18)20-14(9-17)12-8-11(19-3)6-7-13(12)16;1-3-9(6-10)5-4-8(2)7-11/h6-8,10,14,19H,4-5,9H2,1-3H3,(H2,18,20);3-5,7H,2H2,1H3/b;5-4-,9-3+. The van der Waals surface area contributed by atoms with Gasteiger partial charge in [0, 0.05) is 34.5 Å². The Labute approximate surface area is 195 Å². The summed E-state index contributed by atoms with van der Waals surface area (Å²) in [6, 6.07) is 6.46. The van der Waals surface area contributed by atoms with Gasteiger partial charge in [0.1, 0.15) is 19.0 Å². The Morgan fingerprint density at radius 2 is 2.16 bits per heavy atom. The quantitative estimate of drug-likeness (QED) is 0.116. The lowest BCUT2D eigenvalue weighted by Gasteiger charge is -2.16. The normalized spacial score (nSPS) is 13.4. The van der Waals surface area contributed by atoms with E-state index in [0.29, 0.717) is 28.0 Å². The van der Waals surface area contributed by atoms with E-state index in [0.717, 1.165) is 18.5 Å². The first-order valence-corrected chi connectivity index (χ1v) is 10.6. The van der Waals surface area contributed by atoms with Crippen molar-refractivity contribution in [2.75, 3.05) is 19.0 Å². The van der Waals surface area contributed by atoms with Gasteiger partial charge in [0.05, 0.1) is 12.2 Å². The zero-order chi connectivity index (χ0) is 24.5. The molecule has 32 heavy (non-hydrogen) atoms. The number of hydrogen-bond acceptors (Lipinski definition) is 5. The fourth-order valence-corrected chi connectivity index (χ4v) is 2.68. The molecule has 2 unspecified atom stereocenters. The van der Waals surface area contributed by atoms with Crippen molar-refractivity contribution in [3.63, 3.8) is 0 Å². The van der Waals surface area contributed by atoms with Gasteiger partial charge in [-0.15, -0.1) is 0 Å². The number of aliphatic imine (C=N–C) groups is 1. The van der Waals surface area contributed by atoms with E-state index in [1.165, 1.54) is 6.08 Å². The maximum Gasteiger partial charge on any atom is 0.282 e. The second-order valence-electron chi connectivity index (χ2n) is 6.72. The Morgan fingerprint density at radius 1 is 1.47 bits per heavy atom. The number of carbonyl (C=O) groups is 1. The van der Waals surface area contributed by atoms with Crippen molar-refractivity contribution in [2.24, 2.45) is 10.7 Å². The third-order valence-corrected chi connectivity index (χ3v) is 4.50. The van der Waals surface area contributed by atoms with Crippen molar-refractivity contribution in [1.82, 2.24) is 0 Å². The average Bonchev–Trinajstić information content (AvgIpc) is 2.79. The number of nitrogens with one attached hydrogen (secondary N) is 1. The van der Waals surface area contributed by atoms with E-state index in [4.69, 9.17) is 27.3 Å². The van der Waals surface area contributed by atoms with Crippen LogP contribution in [0.3, 0.4) is 0 Å². The number of nitrogens with zero attached hydrogens (tertiary/aromatic N) is 2. The zero-order valence-corrected chi connectivity index (χ0v) is 19.8. The monoisotopic (exact) mass is 462 g/mol. The van der Waals surface area contributed by atoms with Gasteiger partial charge in [0.15, 0.2) is 0 Å². The first-order chi connectivity index (χ1) is 15.3. The van der Waals surface area contributed by atoms with Crippen LogP contribution in [0.1, 0.15) is 45.2 Å². The third kappa shape index (κ3) is 11.3. The fourth-order valence-electron chi connectivity index (χ4n) is 2.43. The summed E-state index contributed by atoms with van der Waals surface area (Å²) in [5.41, 5.74) is 8.04. The maximum atomic E-state index is 13.3. The van der Waals surface area contributed by atoms with Crippen molar-refractivity contribution in [3.05, 3.63) is 64.7 Å². The van der Waals surface area contributed by atoms with Gasteiger partial charge in [-0.25, -0.2) is 9.38 Å². The molecule has 174 valence electrons. The number of hydrogen-bond donors (Lipinski definition) is 2. The Hall–Kier alpha value is -3.11. The lowest BCUT2D eigenvalue weighted by molar-refractivity contribution is -0.104. The molecular weight excluding hydrogens is 431 g/mol. The topological polar surface area (TPSA) is 100 Å². The smallest absolute Gasteiger partial charge is 0.282 e. The van der Waals surface area contributed by atoms with Crippen molar-refractivity contribution < 1.29 is 13.9 Å². The van der Waals surface area contributed by atoms with Crippen molar-refractivity contribution in [2.45, 2.75) is 45.8 Å². The number of alkyl halides is 1.